The number of piperazine rings is 1. The van der Waals surface area contributed by atoms with Crippen molar-refractivity contribution in [1.82, 2.24) is 29.5 Å². The summed E-state index contributed by atoms with van der Waals surface area (Å²) in [4.78, 5) is 36.7. The summed E-state index contributed by atoms with van der Waals surface area (Å²) in [5, 5.41) is 4.57. The number of aromatic nitrogens is 4. The highest BCUT2D eigenvalue weighted by atomic mass is 16.5. The van der Waals surface area contributed by atoms with Gasteiger partial charge in [0.25, 0.3) is 5.91 Å². The van der Waals surface area contributed by atoms with Crippen LogP contribution in [0.1, 0.15) is 17.4 Å². The Kier molecular flexibility index (Phi) is 5.42. The van der Waals surface area contributed by atoms with E-state index in [1.807, 2.05) is 24.3 Å². The molecular weight excluding hydrogens is 384 g/mol. The fourth-order valence-corrected chi connectivity index (χ4v) is 3.38. The Morgan fingerprint density at radius 1 is 1.00 bits per heavy atom. The molecule has 1 aliphatic rings. The molecule has 0 N–H and O–H groups in total. The van der Waals surface area contributed by atoms with Crippen LogP contribution in [0.2, 0.25) is 0 Å². The molecule has 1 saturated heterocycles. The molecule has 0 unspecified atom stereocenters. The second-order valence-electron chi connectivity index (χ2n) is 6.90. The standard InChI is InChI=1S/C21H22N6O3/c1-15(28)25-9-11-26(12-10-25)21(29)18-13-19(17-5-3-4-8-22-17)27(24-18)16-6-7-20(30-2)23-14-16/h3-8,13-14H,9-12H2,1-2H3. The summed E-state index contributed by atoms with van der Waals surface area (Å²) in [5.41, 5.74) is 2.40. The van der Waals surface area contributed by atoms with E-state index >= 15 is 0 Å². The van der Waals surface area contributed by atoms with Crippen LogP contribution in [0.5, 0.6) is 5.88 Å². The van der Waals surface area contributed by atoms with E-state index in [4.69, 9.17) is 4.74 Å². The van der Waals surface area contributed by atoms with E-state index in [0.29, 0.717) is 54.8 Å². The molecule has 0 atom stereocenters. The molecular formula is C21H22N6O3. The second kappa shape index (κ2) is 8.32. The number of hydrogen-bond donors (Lipinski definition) is 0. The fraction of sp³-hybridized carbons (Fsp3) is 0.286. The number of hydrogen-bond acceptors (Lipinski definition) is 6. The number of nitrogens with zero attached hydrogens (tertiary/aromatic N) is 6. The van der Waals surface area contributed by atoms with Crippen molar-refractivity contribution in [3.8, 4) is 23.0 Å². The third-order valence-corrected chi connectivity index (χ3v) is 5.04. The average Bonchev–Trinajstić information content (AvgIpc) is 3.25. The van der Waals surface area contributed by atoms with Gasteiger partial charge in [-0.05, 0) is 24.3 Å². The smallest absolute Gasteiger partial charge is 0.274 e. The van der Waals surface area contributed by atoms with Gasteiger partial charge in [-0.25, -0.2) is 9.67 Å². The number of ether oxygens (including phenoxy) is 1. The number of pyridine rings is 2. The molecule has 2 amide bonds. The maximum absolute atomic E-state index is 13.1. The SMILES string of the molecule is COc1ccc(-n2nc(C(=O)N3CCN(C(C)=O)CC3)cc2-c2ccccn2)cn1. The molecule has 3 aromatic rings. The molecule has 9 heteroatoms. The van der Waals surface area contributed by atoms with E-state index in [2.05, 4.69) is 15.1 Å². The van der Waals surface area contributed by atoms with Gasteiger partial charge in [-0.1, -0.05) is 6.07 Å². The molecule has 4 rings (SSSR count). The topological polar surface area (TPSA) is 93.5 Å². The zero-order chi connectivity index (χ0) is 21.1. The highest BCUT2D eigenvalue weighted by molar-refractivity contribution is 5.93. The molecule has 3 aromatic heterocycles. The lowest BCUT2D eigenvalue weighted by molar-refractivity contribution is -0.130. The van der Waals surface area contributed by atoms with Gasteiger partial charge in [0.15, 0.2) is 5.69 Å². The summed E-state index contributed by atoms with van der Waals surface area (Å²) in [6, 6.07) is 10.9. The molecule has 154 valence electrons. The van der Waals surface area contributed by atoms with Gasteiger partial charge in [0.05, 0.1) is 30.4 Å². The molecule has 0 aliphatic carbocycles. The first kappa shape index (κ1) is 19.6. The summed E-state index contributed by atoms with van der Waals surface area (Å²) in [5.74, 6) is 0.344. The van der Waals surface area contributed by atoms with Gasteiger partial charge in [-0.2, -0.15) is 5.10 Å². The van der Waals surface area contributed by atoms with Crippen LogP contribution in [0, 0.1) is 0 Å². The van der Waals surface area contributed by atoms with E-state index in [0.717, 1.165) is 0 Å². The fourth-order valence-electron chi connectivity index (χ4n) is 3.38. The Morgan fingerprint density at radius 3 is 2.37 bits per heavy atom. The predicted octanol–water partition coefficient (Wildman–Crippen LogP) is 1.64. The van der Waals surface area contributed by atoms with Crippen LogP contribution in [0.4, 0.5) is 0 Å². The summed E-state index contributed by atoms with van der Waals surface area (Å²) >= 11 is 0. The molecule has 4 heterocycles. The monoisotopic (exact) mass is 406 g/mol. The van der Waals surface area contributed by atoms with Crippen molar-refractivity contribution in [1.29, 1.82) is 0 Å². The zero-order valence-electron chi connectivity index (χ0n) is 16.9. The Hall–Kier alpha value is -3.75. The van der Waals surface area contributed by atoms with Crippen LogP contribution in [0.3, 0.4) is 0 Å². The third-order valence-electron chi connectivity index (χ3n) is 5.04. The largest absolute Gasteiger partial charge is 0.481 e. The van der Waals surface area contributed by atoms with Crippen molar-refractivity contribution in [2.75, 3.05) is 33.3 Å². The molecule has 0 saturated carbocycles. The maximum Gasteiger partial charge on any atom is 0.274 e. The third kappa shape index (κ3) is 3.86. The van der Waals surface area contributed by atoms with E-state index in [1.54, 1.807) is 53.0 Å². The van der Waals surface area contributed by atoms with Crippen molar-refractivity contribution in [2.45, 2.75) is 6.92 Å². The van der Waals surface area contributed by atoms with Crippen LogP contribution < -0.4 is 4.74 Å². The van der Waals surface area contributed by atoms with Crippen LogP contribution in [-0.4, -0.2) is 74.7 Å². The lowest BCUT2D eigenvalue weighted by Crippen LogP contribution is -2.50. The minimum Gasteiger partial charge on any atom is -0.481 e. The predicted molar refractivity (Wildman–Crippen MR) is 109 cm³/mol. The number of carbonyl (C=O) groups is 2. The van der Waals surface area contributed by atoms with Crippen molar-refractivity contribution in [3.63, 3.8) is 0 Å². The van der Waals surface area contributed by atoms with Gasteiger partial charge in [0.1, 0.15) is 0 Å². The number of amides is 2. The molecule has 0 radical (unpaired) electrons. The van der Waals surface area contributed by atoms with E-state index in [-0.39, 0.29) is 11.8 Å². The first-order valence-electron chi connectivity index (χ1n) is 9.63. The van der Waals surface area contributed by atoms with Crippen LogP contribution in [0.15, 0.2) is 48.8 Å². The molecule has 30 heavy (non-hydrogen) atoms. The van der Waals surface area contributed by atoms with Gasteiger partial charge >= 0.3 is 0 Å². The summed E-state index contributed by atoms with van der Waals surface area (Å²) in [7, 11) is 1.55. The minimum absolute atomic E-state index is 0.0239. The van der Waals surface area contributed by atoms with Crippen molar-refractivity contribution < 1.29 is 14.3 Å². The van der Waals surface area contributed by atoms with Crippen LogP contribution in [0.25, 0.3) is 17.1 Å². The highest BCUT2D eigenvalue weighted by Crippen LogP contribution is 2.23. The second-order valence-corrected chi connectivity index (χ2v) is 6.90. The van der Waals surface area contributed by atoms with Gasteiger partial charge in [-0.3, -0.25) is 14.6 Å². The Labute approximate surface area is 173 Å². The first-order chi connectivity index (χ1) is 14.6. The van der Waals surface area contributed by atoms with Gasteiger partial charge < -0.3 is 14.5 Å². The molecule has 1 aliphatic heterocycles. The van der Waals surface area contributed by atoms with E-state index in [1.165, 1.54) is 0 Å². The van der Waals surface area contributed by atoms with Crippen LogP contribution >= 0.6 is 0 Å². The average molecular weight is 406 g/mol. The molecule has 0 aromatic carbocycles. The molecule has 1 fully saturated rings. The van der Waals surface area contributed by atoms with Crippen molar-refractivity contribution in [3.05, 3.63) is 54.5 Å². The Bertz CT molecular complexity index is 1040. The maximum atomic E-state index is 13.1. The van der Waals surface area contributed by atoms with Gasteiger partial charge in [0, 0.05) is 45.4 Å². The minimum atomic E-state index is -0.171. The number of rotatable bonds is 4. The highest BCUT2D eigenvalue weighted by Gasteiger charge is 2.26. The number of carbonyl (C=O) groups excluding carboxylic acids is 2. The molecule has 0 bridgehead atoms. The summed E-state index contributed by atoms with van der Waals surface area (Å²) in [6.45, 7) is 3.55. The lowest BCUT2D eigenvalue weighted by atomic mass is 10.2. The van der Waals surface area contributed by atoms with E-state index < -0.39 is 0 Å². The molecule has 9 nitrogen and oxygen atoms in total. The normalized spacial score (nSPS) is 13.9. The number of methoxy groups -OCH3 is 1. The molecule has 0 spiro atoms. The lowest BCUT2D eigenvalue weighted by Gasteiger charge is -2.33. The van der Waals surface area contributed by atoms with Crippen LogP contribution in [-0.2, 0) is 4.79 Å². The summed E-state index contributed by atoms with van der Waals surface area (Å²) in [6.07, 6.45) is 3.33. The summed E-state index contributed by atoms with van der Waals surface area (Å²) < 4.78 is 6.79. The van der Waals surface area contributed by atoms with Gasteiger partial charge in [0.2, 0.25) is 11.8 Å². The van der Waals surface area contributed by atoms with Gasteiger partial charge in [-0.15, -0.1) is 0 Å². The zero-order valence-corrected chi connectivity index (χ0v) is 16.9. The van der Waals surface area contributed by atoms with E-state index in [9.17, 15) is 9.59 Å². The Morgan fingerprint density at radius 2 is 1.77 bits per heavy atom. The Balaban J connectivity index is 1.67. The van der Waals surface area contributed by atoms with Crippen molar-refractivity contribution >= 4 is 11.8 Å². The van der Waals surface area contributed by atoms with Crippen molar-refractivity contribution in [2.24, 2.45) is 0 Å². The first-order valence-corrected chi connectivity index (χ1v) is 9.63. The quantitative estimate of drug-likeness (QED) is 0.654.